The van der Waals surface area contributed by atoms with Gasteiger partial charge in [-0.15, -0.1) is 5.10 Å². The van der Waals surface area contributed by atoms with Crippen molar-refractivity contribution in [2.75, 3.05) is 13.1 Å². The first-order valence-corrected chi connectivity index (χ1v) is 8.54. The number of rotatable bonds is 5. The normalized spacial score (nSPS) is 18.0. The van der Waals surface area contributed by atoms with Crippen LogP contribution in [0.25, 0.3) is 0 Å². The predicted molar refractivity (Wildman–Crippen MR) is 87.4 cm³/mol. The largest absolute Gasteiger partial charge is 0.334 e. The van der Waals surface area contributed by atoms with Crippen LogP contribution in [0.5, 0.6) is 0 Å². The molecule has 2 heterocycles. The van der Waals surface area contributed by atoms with Crippen LogP contribution in [0.2, 0.25) is 0 Å². The summed E-state index contributed by atoms with van der Waals surface area (Å²) < 4.78 is 1.93. The topological polar surface area (TPSA) is 51.0 Å². The second kappa shape index (κ2) is 5.80. The first-order chi connectivity index (χ1) is 11.2. The fraction of sp³-hybridized carbons (Fsp3) is 0.500. The van der Waals surface area contributed by atoms with Gasteiger partial charge in [0.05, 0.1) is 11.7 Å². The number of amides is 1. The molecule has 5 nitrogen and oxygen atoms in total. The highest BCUT2D eigenvalue weighted by atomic mass is 16.2. The van der Waals surface area contributed by atoms with E-state index >= 15 is 0 Å². The zero-order chi connectivity index (χ0) is 15.8. The molecular weight excluding hydrogens is 288 g/mol. The molecule has 1 amide bonds. The van der Waals surface area contributed by atoms with Crippen LogP contribution in [-0.4, -0.2) is 38.9 Å². The second-order valence-corrected chi connectivity index (χ2v) is 6.71. The summed E-state index contributed by atoms with van der Waals surface area (Å²) in [6.07, 6.45) is 6.73. The minimum Gasteiger partial charge on any atom is -0.334 e. The number of hydrogen-bond acceptors (Lipinski definition) is 3. The van der Waals surface area contributed by atoms with Gasteiger partial charge in [0.25, 0.3) is 5.91 Å². The monoisotopic (exact) mass is 310 g/mol. The van der Waals surface area contributed by atoms with E-state index in [0.29, 0.717) is 5.92 Å². The van der Waals surface area contributed by atoms with Crippen LogP contribution in [0.15, 0.2) is 30.5 Å². The molecular formula is C18H22N4O. The van der Waals surface area contributed by atoms with Crippen LogP contribution >= 0.6 is 0 Å². The van der Waals surface area contributed by atoms with Crippen molar-refractivity contribution in [3.05, 3.63) is 47.3 Å². The second-order valence-electron chi connectivity index (χ2n) is 6.71. The molecule has 4 rings (SSSR count). The maximum absolute atomic E-state index is 12.5. The van der Waals surface area contributed by atoms with E-state index in [-0.39, 0.29) is 11.9 Å². The molecule has 1 saturated heterocycles. The van der Waals surface area contributed by atoms with Crippen molar-refractivity contribution in [3.63, 3.8) is 0 Å². The number of aromatic nitrogens is 3. The third kappa shape index (κ3) is 2.87. The summed E-state index contributed by atoms with van der Waals surface area (Å²) in [5, 5.41) is 8.47. The molecule has 1 aromatic carbocycles. The maximum Gasteiger partial charge on any atom is 0.253 e. The SMILES string of the molecule is CCCc1ccc(C(=O)N2CC(n3cc(C4CC4)nn3)C2)cc1. The average molecular weight is 310 g/mol. The van der Waals surface area contributed by atoms with Crippen LogP contribution in [0.4, 0.5) is 0 Å². The van der Waals surface area contributed by atoms with Gasteiger partial charge in [-0.2, -0.15) is 0 Å². The molecule has 120 valence electrons. The van der Waals surface area contributed by atoms with Gasteiger partial charge in [-0.1, -0.05) is 30.7 Å². The van der Waals surface area contributed by atoms with Gasteiger partial charge in [-0.25, -0.2) is 4.68 Å². The molecule has 2 fully saturated rings. The number of hydrogen-bond donors (Lipinski definition) is 0. The van der Waals surface area contributed by atoms with E-state index in [1.807, 2.05) is 21.7 Å². The van der Waals surface area contributed by atoms with E-state index in [2.05, 4.69) is 35.6 Å². The molecule has 23 heavy (non-hydrogen) atoms. The molecule has 0 spiro atoms. The molecule has 5 heteroatoms. The minimum atomic E-state index is 0.117. The number of carbonyl (C=O) groups excluding carboxylic acids is 1. The van der Waals surface area contributed by atoms with Crippen LogP contribution in [-0.2, 0) is 6.42 Å². The summed E-state index contributed by atoms with van der Waals surface area (Å²) >= 11 is 0. The lowest BCUT2D eigenvalue weighted by Gasteiger charge is -2.38. The summed E-state index contributed by atoms with van der Waals surface area (Å²) in [7, 11) is 0. The van der Waals surface area contributed by atoms with Crippen molar-refractivity contribution in [2.24, 2.45) is 0 Å². The van der Waals surface area contributed by atoms with Crippen molar-refractivity contribution in [1.29, 1.82) is 0 Å². The Balaban J connectivity index is 1.35. The first-order valence-electron chi connectivity index (χ1n) is 8.54. The van der Waals surface area contributed by atoms with Crippen molar-refractivity contribution in [1.82, 2.24) is 19.9 Å². The first kappa shape index (κ1) is 14.4. The molecule has 1 aromatic heterocycles. The Bertz CT molecular complexity index is 696. The van der Waals surface area contributed by atoms with Crippen LogP contribution < -0.4 is 0 Å². The average Bonchev–Trinajstić information content (AvgIpc) is 3.26. The maximum atomic E-state index is 12.5. The standard InChI is InChI=1S/C18H22N4O/c1-2-3-13-4-6-15(7-5-13)18(23)21-10-16(11-21)22-12-17(19-20-22)14-8-9-14/h4-7,12,14,16H,2-3,8-11H2,1H3. The fourth-order valence-electron chi connectivity index (χ4n) is 3.11. The van der Waals surface area contributed by atoms with Crippen LogP contribution in [0, 0.1) is 0 Å². The van der Waals surface area contributed by atoms with E-state index in [1.54, 1.807) is 0 Å². The molecule has 2 aliphatic rings. The Morgan fingerprint density at radius 3 is 2.61 bits per heavy atom. The van der Waals surface area contributed by atoms with Crippen molar-refractivity contribution in [3.8, 4) is 0 Å². The smallest absolute Gasteiger partial charge is 0.253 e. The van der Waals surface area contributed by atoms with Crippen molar-refractivity contribution in [2.45, 2.75) is 44.6 Å². The number of likely N-dealkylation sites (tertiary alicyclic amines) is 1. The number of benzene rings is 1. The summed E-state index contributed by atoms with van der Waals surface area (Å²) in [4.78, 5) is 14.4. The molecule has 0 bridgehead atoms. The van der Waals surface area contributed by atoms with Gasteiger partial charge in [-0.3, -0.25) is 4.79 Å². The summed E-state index contributed by atoms with van der Waals surface area (Å²) in [5.41, 5.74) is 3.18. The Morgan fingerprint density at radius 2 is 1.96 bits per heavy atom. The highest BCUT2D eigenvalue weighted by Gasteiger charge is 2.34. The Kier molecular flexibility index (Phi) is 3.63. The molecule has 0 unspecified atom stereocenters. The van der Waals surface area contributed by atoms with Crippen LogP contribution in [0.1, 0.15) is 59.8 Å². The Labute approximate surface area is 136 Å². The quantitative estimate of drug-likeness (QED) is 0.853. The lowest BCUT2D eigenvalue weighted by Crippen LogP contribution is -2.50. The van der Waals surface area contributed by atoms with E-state index in [9.17, 15) is 4.79 Å². The van der Waals surface area contributed by atoms with Gasteiger partial charge in [0.15, 0.2) is 0 Å². The predicted octanol–water partition coefficient (Wildman–Crippen LogP) is 2.81. The summed E-state index contributed by atoms with van der Waals surface area (Å²) in [6, 6.07) is 8.29. The van der Waals surface area contributed by atoms with E-state index in [4.69, 9.17) is 0 Å². The summed E-state index contributed by atoms with van der Waals surface area (Å²) in [6.45, 7) is 3.62. The molecule has 2 aromatic rings. The molecule has 1 aliphatic heterocycles. The molecule has 0 radical (unpaired) electrons. The molecule has 0 N–H and O–H groups in total. The van der Waals surface area contributed by atoms with Gasteiger partial charge >= 0.3 is 0 Å². The van der Waals surface area contributed by atoms with Crippen LogP contribution in [0.3, 0.4) is 0 Å². The molecule has 1 saturated carbocycles. The Hall–Kier alpha value is -2.17. The van der Waals surface area contributed by atoms with Gasteiger partial charge in [0.2, 0.25) is 0 Å². The van der Waals surface area contributed by atoms with E-state index in [1.165, 1.54) is 18.4 Å². The Morgan fingerprint density at radius 1 is 1.22 bits per heavy atom. The highest BCUT2D eigenvalue weighted by Crippen LogP contribution is 2.39. The zero-order valence-electron chi connectivity index (χ0n) is 13.5. The number of aryl methyl sites for hydroxylation is 1. The van der Waals surface area contributed by atoms with Crippen molar-refractivity contribution >= 4 is 5.91 Å². The molecule has 1 aliphatic carbocycles. The zero-order valence-corrected chi connectivity index (χ0v) is 13.5. The number of nitrogens with zero attached hydrogens (tertiary/aromatic N) is 4. The van der Waals surface area contributed by atoms with Gasteiger partial charge in [0, 0.05) is 30.8 Å². The van der Waals surface area contributed by atoms with Gasteiger partial charge < -0.3 is 4.90 Å². The van der Waals surface area contributed by atoms with Gasteiger partial charge in [-0.05, 0) is 37.0 Å². The minimum absolute atomic E-state index is 0.117. The fourth-order valence-corrected chi connectivity index (χ4v) is 3.11. The lowest BCUT2D eigenvalue weighted by molar-refractivity contribution is 0.0498. The van der Waals surface area contributed by atoms with Crippen molar-refractivity contribution < 1.29 is 4.79 Å². The van der Waals surface area contributed by atoms with E-state index < -0.39 is 0 Å². The third-order valence-electron chi connectivity index (χ3n) is 4.79. The molecule has 0 atom stereocenters. The number of carbonyl (C=O) groups is 1. The van der Waals surface area contributed by atoms with E-state index in [0.717, 1.165) is 37.2 Å². The summed E-state index contributed by atoms with van der Waals surface area (Å²) in [5.74, 6) is 0.745. The highest BCUT2D eigenvalue weighted by molar-refractivity contribution is 5.94. The lowest BCUT2D eigenvalue weighted by atomic mass is 10.0. The third-order valence-corrected chi connectivity index (χ3v) is 4.79. The van der Waals surface area contributed by atoms with Gasteiger partial charge in [0.1, 0.15) is 0 Å².